The fraction of sp³-hybridized carbons (Fsp3) is 0.304. The molecular formula is C23H26N4O2. The van der Waals surface area contributed by atoms with Gasteiger partial charge in [0, 0.05) is 25.0 Å². The molecule has 1 amide bonds. The highest BCUT2D eigenvalue weighted by Crippen LogP contribution is 2.29. The number of amides is 1. The molecule has 6 nitrogen and oxygen atoms in total. The van der Waals surface area contributed by atoms with Gasteiger partial charge in [-0.3, -0.25) is 4.79 Å². The van der Waals surface area contributed by atoms with Crippen molar-refractivity contribution in [1.82, 2.24) is 14.7 Å². The van der Waals surface area contributed by atoms with Crippen LogP contribution in [-0.2, 0) is 0 Å². The lowest BCUT2D eigenvalue weighted by atomic mass is 9.95. The van der Waals surface area contributed by atoms with E-state index in [0.717, 1.165) is 11.3 Å². The Balaban J connectivity index is 1.54. The van der Waals surface area contributed by atoms with Gasteiger partial charge >= 0.3 is 0 Å². The van der Waals surface area contributed by atoms with Gasteiger partial charge in [0.15, 0.2) is 11.4 Å². The number of aromatic hydroxyl groups is 1. The molecule has 3 aromatic rings. The Kier molecular flexibility index (Phi) is 5.11. The maximum absolute atomic E-state index is 13.0. The van der Waals surface area contributed by atoms with Crippen LogP contribution in [0.3, 0.4) is 0 Å². The number of nitrogens with two attached hydrogens (primary N) is 1. The molecule has 29 heavy (non-hydrogen) atoms. The van der Waals surface area contributed by atoms with Crippen LogP contribution in [0.2, 0.25) is 0 Å². The van der Waals surface area contributed by atoms with Crippen molar-refractivity contribution in [1.29, 1.82) is 0 Å². The third-order valence-corrected chi connectivity index (χ3v) is 5.60. The zero-order valence-corrected chi connectivity index (χ0v) is 16.7. The van der Waals surface area contributed by atoms with E-state index in [1.54, 1.807) is 4.90 Å². The minimum absolute atomic E-state index is 0.0545. The number of hydrogen-bond donors (Lipinski definition) is 2. The van der Waals surface area contributed by atoms with Gasteiger partial charge in [0.1, 0.15) is 0 Å². The average Bonchev–Trinajstić information content (AvgIpc) is 3.31. The maximum atomic E-state index is 13.0. The summed E-state index contributed by atoms with van der Waals surface area (Å²) in [6, 6.07) is 17.8. The highest BCUT2D eigenvalue weighted by atomic mass is 16.3. The predicted octanol–water partition coefficient (Wildman–Crippen LogP) is 3.27. The molecule has 1 fully saturated rings. The molecule has 2 aromatic carbocycles. The largest absolute Gasteiger partial charge is 0.504 e. The maximum Gasteiger partial charge on any atom is 0.278 e. The van der Waals surface area contributed by atoms with Crippen molar-refractivity contribution in [3.05, 3.63) is 77.6 Å². The Labute approximate surface area is 170 Å². The van der Waals surface area contributed by atoms with Crippen LogP contribution in [0, 0.1) is 0 Å². The summed E-state index contributed by atoms with van der Waals surface area (Å²) in [5.41, 5.74) is 9.50. The number of benzene rings is 2. The van der Waals surface area contributed by atoms with Crippen molar-refractivity contribution in [2.75, 3.05) is 13.1 Å². The summed E-state index contributed by atoms with van der Waals surface area (Å²) in [5.74, 6) is 0.0886. The molecule has 0 radical (unpaired) electrons. The van der Waals surface area contributed by atoms with Crippen LogP contribution in [-0.4, -0.2) is 44.8 Å². The van der Waals surface area contributed by atoms with E-state index >= 15 is 0 Å². The van der Waals surface area contributed by atoms with Crippen molar-refractivity contribution in [3.63, 3.8) is 0 Å². The van der Waals surface area contributed by atoms with Gasteiger partial charge < -0.3 is 15.7 Å². The van der Waals surface area contributed by atoms with Crippen molar-refractivity contribution < 1.29 is 9.90 Å². The fourth-order valence-electron chi connectivity index (χ4n) is 3.86. The molecule has 6 heteroatoms. The molecule has 150 valence electrons. The summed E-state index contributed by atoms with van der Waals surface area (Å²) in [6.45, 7) is 5.22. The zero-order chi connectivity index (χ0) is 20.5. The summed E-state index contributed by atoms with van der Waals surface area (Å²) < 4.78 is 1.54. The Bertz CT molecular complexity index is 995. The van der Waals surface area contributed by atoms with Crippen LogP contribution >= 0.6 is 0 Å². The normalized spacial score (nSPS) is 19.1. The number of nitrogens with zero attached hydrogens (tertiary/aromatic N) is 3. The molecule has 0 spiro atoms. The molecule has 1 aliphatic heterocycles. The van der Waals surface area contributed by atoms with Crippen molar-refractivity contribution >= 4 is 5.91 Å². The van der Waals surface area contributed by atoms with Crippen molar-refractivity contribution in [2.45, 2.75) is 31.7 Å². The third-order valence-electron chi connectivity index (χ3n) is 5.60. The molecule has 0 aliphatic carbocycles. The topological polar surface area (TPSA) is 84.4 Å². The highest BCUT2D eigenvalue weighted by molar-refractivity contribution is 5.95. The number of likely N-dealkylation sites (tertiary alicyclic amines) is 1. The van der Waals surface area contributed by atoms with Gasteiger partial charge in [0.05, 0.1) is 11.9 Å². The standard InChI is InChI=1S/C23H26N4O2/c1-15(2)16-8-10-18(11-9-16)27-14-21(28)22(25-27)23(29)26-12-19(20(24)13-26)17-6-4-3-5-7-17/h3-11,14-15,19-20,28H,12-13,24H2,1-2H3/t19-,20+/m0/s1. The van der Waals surface area contributed by atoms with E-state index in [1.807, 2.05) is 54.6 Å². The summed E-state index contributed by atoms with van der Waals surface area (Å²) in [6.07, 6.45) is 1.47. The molecule has 2 heterocycles. The first-order valence-electron chi connectivity index (χ1n) is 9.93. The molecule has 0 saturated carbocycles. The van der Waals surface area contributed by atoms with Gasteiger partial charge in [-0.1, -0.05) is 56.3 Å². The van der Waals surface area contributed by atoms with E-state index in [4.69, 9.17) is 5.73 Å². The number of carbonyl (C=O) groups is 1. The van der Waals surface area contributed by atoms with Gasteiger partial charge in [-0.15, -0.1) is 0 Å². The number of carbonyl (C=O) groups excluding carboxylic acids is 1. The molecule has 0 bridgehead atoms. The average molecular weight is 390 g/mol. The van der Waals surface area contributed by atoms with E-state index in [9.17, 15) is 9.90 Å². The molecule has 1 aromatic heterocycles. The molecular weight excluding hydrogens is 364 g/mol. The molecule has 3 N–H and O–H groups in total. The second-order valence-electron chi connectivity index (χ2n) is 7.94. The monoisotopic (exact) mass is 390 g/mol. The summed E-state index contributed by atoms with van der Waals surface area (Å²) in [7, 11) is 0. The molecule has 4 rings (SSSR count). The Morgan fingerprint density at radius 1 is 1.10 bits per heavy atom. The molecule has 1 saturated heterocycles. The second kappa shape index (κ2) is 7.72. The minimum Gasteiger partial charge on any atom is -0.504 e. The van der Waals surface area contributed by atoms with Crippen molar-refractivity contribution in [2.24, 2.45) is 5.73 Å². The van der Waals surface area contributed by atoms with Crippen molar-refractivity contribution in [3.8, 4) is 11.4 Å². The predicted molar refractivity (Wildman–Crippen MR) is 112 cm³/mol. The lowest BCUT2D eigenvalue weighted by Crippen LogP contribution is -2.32. The third kappa shape index (κ3) is 3.76. The van der Waals surface area contributed by atoms with Gasteiger partial charge in [0.25, 0.3) is 5.91 Å². The lowest BCUT2D eigenvalue weighted by molar-refractivity contribution is 0.0780. The van der Waals surface area contributed by atoms with Gasteiger partial charge in [-0.25, -0.2) is 4.68 Å². The first kappa shape index (κ1) is 19.2. The van der Waals surface area contributed by atoms with Crippen LogP contribution in [0.4, 0.5) is 0 Å². The fourth-order valence-corrected chi connectivity index (χ4v) is 3.86. The van der Waals surface area contributed by atoms with E-state index < -0.39 is 0 Å². The van der Waals surface area contributed by atoms with E-state index in [2.05, 4.69) is 18.9 Å². The van der Waals surface area contributed by atoms with E-state index in [-0.39, 0.29) is 29.3 Å². The molecule has 0 unspecified atom stereocenters. The molecule has 1 aliphatic rings. The van der Waals surface area contributed by atoms with Crippen LogP contribution in [0.5, 0.6) is 5.75 Å². The van der Waals surface area contributed by atoms with E-state index in [0.29, 0.717) is 19.0 Å². The van der Waals surface area contributed by atoms with Crippen LogP contribution < -0.4 is 5.73 Å². The first-order valence-corrected chi connectivity index (χ1v) is 9.93. The summed E-state index contributed by atoms with van der Waals surface area (Å²) in [4.78, 5) is 14.7. The quantitative estimate of drug-likeness (QED) is 0.716. The second-order valence-corrected chi connectivity index (χ2v) is 7.94. The number of hydrogen-bond acceptors (Lipinski definition) is 4. The summed E-state index contributed by atoms with van der Waals surface area (Å²) >= 11 is 0. The Morgan fingerprint density at radius 3 is 2.45 bits per heavy atom. The van der Waals surface area contributed by atoms with Gasteiger partial charge in [-0.2, -0.15) is 5.10 Å². The highest BCUT2D eigenvalue weighted by Gasteiger charge is 2.36. The van der Waals surface area contributed by atoms with Crippen LogP contribution in [0.1, 0.15) is 47.3 Å². The SMILES string of the molecule is CC(C)c1ccc(-n2cc(O)c(C(=O)N3C[C@@H](N)[C@H](c4ccccc4)C3)n2)cc1. The number of rotatable bonds is 4. The zero-order valence-electron chi connectivity index (χ0n) is 16.7. The minimum atomic E-state index is -0.297. The summed E-state index contributed by atoms with van der Waals surface area (Å²) in [5, 5.41) is 14.7. The smallest absolute Gasteiger partial charge is 0.278 e. The van der Waals surface area contributed by atoms with Crippen LogP contribution in [0.15, 0.2) is 60.8 Å². The lowest BCUT2D eigenvalue weighted by Gasteiger charge is -2.15. The molecule has 2 atom stereocenters. The van der Waals surface area contributed by atoms with Gasteiger partial charge in [-0.05, 0) is 29.2 Å². The van der Waals surface area contributed by atoms with Crippen LogP contribution in [0.25, 0.3) is 5.69 Å². The number of aromatic nitrogens is 2. The van der Waals surface area contributed by atoms with Gasteiger partial charge in [0.2, 0.25) is 0 Å². The van der Waals surface area contributed by atoms with E-state index in [1.165, 1.54) is 16.4 Å². The Morgan fingerprint density at radius 2 is 1.79 bits per heavy atom. The Hall–Kier alpha value is -3.12. The first-order chi connectivity index (χ1) is 13.9.